The molecule has 0 saturated heterocycles. The topological polar surface area (TPSA) is 33.1 Å². The average molecular weight is 212 g/mol. The number of benzene rings is 1. The number of halogens is 1. The van der Waals surface area contributed by atoms with Crippen molar-refractivity contribution in [3.8, 4) is 0 Å². The first-order valence-corrected chi connectivity index (χ1v) is 4.96. The Morgan fingerprint density at radius 2 is 2.00 bits per heavy atom. The van der Waals surface area contributed by atoms with Gasteiger partial charge in [-0.2, -0.15) is 0 Å². The minimum atomic E-state index is 0.346. The lowest BCUT2D eigenvalue weighted by Gasteiger charge is -2.02. The molecule has 3 heteroatoms. The van der Waals surface area contributed by atoms with Gasteiger partial charge in [-0.05, 0) is 30.5 Å². The lowest BCUT2D eigenvalue weighted by atomic mass is 10.1. The Morgan fingerprint density at radius 3 is 2.57 bits per heavy atom. The normalized spacial score (nSPS) is 9.86. The number of hydrogen-bond donors (Lipinski definition) is 1. The Hall–Kier alpha value is -1.02. The molecule has 0 fully saturated rings. The van der Waals surface area contributed by atoms with Crippen LogP contribution in [0.4, 0.5) is 0 Å². The molecule has 0 saturated carbocycles. The molecular weight excluding hydrogens is 198 g/mol. The summed E-state index contributed by atoms with van der Waals surface area (Å²) in [4.78, 5) is 0. The van der Waals surface area contributed by atoms with E-state index in [1.807, 2.05) is 24.3 Å². The van der Waals surface area contributed by atoms with Crippen LogP contribution in [0.5, 0.6) is 0 Å². The van der Waals surface area contributed by atoms with Crippen molar-refractivity contribution in [2.45, 2.75) is 19.3 Å². The maximum absolute atomic E-state index is 7.29. The Labute approximate surface area is 89.4 Å². The summed E-state index contributed by atoms with van der Waals surface area (Å²) in [6.45, 7) is 0. The zero-order valence-electron chi connectivity index (χ0n) is 8.22. The highest BCUT2D eigenvalue weighted by Crippen LogP contribution is 2.11. The summed E-state index contributed by atoms with van der Waals surface area (Å²) in [7, 11) is 1.53. The van der Waals surface area contributed by atoms with Crippen molar-refractivity contribution in [1.82, 2.24) is 0 Å². The van der Waals surface area contributed by atoms with Crippen molar-refractivity contribution >= 4 is 17.5 Å². The Bertz CT molecular complexity index is 295. The zero-order valence-corrected chi connectivity index (χ0v) is 8.97. The predicted molar refractivity (Wildman–Crippen MR) is 59.1 cm³/mol. The summed E-state index contributed by atoms with van der Waals surface area (Å²) in [5.74, 6) is 0.346. The fourth-order valence-corrected chi connectivity index (χ4v) is 1.33. The first-order valence-electron chi connectivity index (χ1n) is 4.58. The summed E-state index contributed by atoms with van der Waals surface area (Å²) in [5, 5.41) is 8.06. The van der Waals surface area contributed by atoms with E-state index in [9.17, 15) is 0 Å². The van der Waals surface area contributed by atoms with Crippen molar-refractivity contribution in [3.05, 3.63) is 34.9 Å². The Kier molecular flexibility index (Phi) is 4.47. The molecule has 1 rings (SSSR count). The number of nitrogens with one attached hydrogen (secondary N) is 1. The van der Waals surface area contributed by atoms with Crippen LogP contribution >= 0.6 is 11.6 Å². The second-order valence-corrected chi connectivity index (χ2v) is 3.54. The average Bonchev–Trinajstić information content (AvgIpc) is 2.21. The maximum Gasteiger partial charge on any atom is 0.180 e. The van der Waals surface area contributed by atoms with Gasteiger partial charge in [0.15, 0.2) is 5.90 Å². The molecule has 0 aromatic heterocycles. The molecule has 0 aliphatic rings. The highest BCUT2D eigenvalue weighted by molar-refractivity contribution is 6.30. The van der Waals surface area contributed by atoms with Gasteiger partial charge in [-0.25, -0.2) is 0 Å². The number of hydrogen-bond acceptors (Lipinski definition) is 2. The van der Waals surface area contributed by atoms with Crippen molar-refractivity contribution < 1.29 is 4.74 Å². The number of ether oxygens (including phenoxy) is 1. The van der Waals surface area contributed by atoms with Gasteiger partial charge in [0.1, 0.15) is 0 Å². The van der Waals surface area contributed by atoms with Gasteiger partial charge in [-0.1, -0.05) is 23.7 Å². The molecule has 0 bridgehead atoms. The van der Waals surface area contributed by atoms with Crippen LogP contribution < -0.4 is 0 Å². The third-order valence-electron chi connectivity index (χ3n) is 2.03. The van der Waals surface area contributed by atoms with Crippen molar-refractivity contribution in [2.75, 3.05) is 7.11 Å². The Morgan fingerprint density at radius 1 is 1.36 bits per heavy atom. The molecule has 0 heterocycles. The van der Waals surface area contributed by atoms with Gasteiger partial charge in [-0.3, -0.25) is 5.41 Å². The molecule has 0 aliphatic heterocycles. The zero-order chi connectivity index (χ0) is 10.4. The largest absolute Gasteiger partial charge is 0.484 e. The van der Waals surface area contributed by atoms with Gasteiger partial charge >= 0.3 is 0 Å². The standard InChI is InChI=1S/C11H14ClNO/c1-14-11(13)4-2-3-9-5-7-10(12)8-6-9/h5-8,13H,2-4H2,1H3. The molecule has 0 unspecified atom stereocenters. The fourth-order valence-electron chi connectivity index (χ4n) is 1.21. The minimum Gasteiger partial charge on any atom is -0.484 e. The summed E-state index contributed by atoms with van der Waals surface area (Å²) in [6.07, 6.45) is 2.59. The molecule has 0 atom stereocenters. The highest BCUT2D eigenvalue weighted by Gasteiger charge is 1.97. The van der Waals surface area contributed by atoms with Crippen molar-refractivity contribution in [2.24, 2.45) is 0 Å². The lowest BCUT2D eigenvalue weighted by molar-refractivity contribution is 0.384. The SMILES string of the molecule is COC(=N)CCCc1ccc(Cl)cc1. The quantitative estimate of drug-likeness (QED) is 0.602. The smallest absolute Gasteiger partial charge is 0.180 e. The number of methoxy groups -OCH3 is 1. The van der Waals surface area contributed by atoms with E-state index < -0.39 is 0 Å². The molecule has 0 amide bonds. The number of rotatable bonds is 4. The summed E-state index contributed by atoms with van der Waals surface area (Å²) in [6, 6.07) is 7.80. The van der Waals surface area contributed by atoms with Gasteiger partial charge in [0, 0.05) is 11.4 Å². The molecular formula is C11H14ClNO. The second kappa shape index (κ2) is 5.66. The van der Waals surface area contributed by atoms with E-state index in [1.165, 1.54) is 12.7 Å². The summed E-state index contributed by atoms with van der Waals surface area (Å²) < 4.78 is 4.77. The van der Waals surface area contributed by atoms with E-state index in [2.05, 4.69) is 0 Å². The van der Waals surface area contributed by atoms with Crippen LogP contribution in [-0.2, 0) is 11.2 Å². The van der Waals surface area contributed by atoms with Crippen molar-refractivity contribution in [3.63, 3.8) is 0 Å². The minimum absolute atomic E-state index is 0.346. The highest BCUT2D eigenvalue weighted by atomic mass is 35.5. The molecule has 1 aromatic rings. The van der Waals surface area contributed by atoms with Crippen LogP contribution in [0.2, 0.25) is 5.02 Å². The molecule has 0 radical (unpaired) electrons. The third-order valence-corrected chi connectivity index (χ3v) is 2.28. The van der Waals surface area contributed by atoms with E-state index in [0.717, 1.165) is 17.9 Å². The monoisotopic (exact) mass is 211 g/mol. The van der Waals surface area contributed by atoms with Crippen LogP contribution in [0.25, 0.3) is 0 Å². The van der Waals surface area contributed by atoms with Gasteiger partial charge in [-0.15, -0.1) is 0 Å². The third kappa shape index (κ3) is 3.79. The molecule has 2 nitrogen and oxygen atoms in total. The summed E-state index contributed by atoms with van der Waals surface area (Å²) in [5.41, 5.74) is 1.25. The second-order valence-electron chi connectivity index (χ2n) is 3.11. The van der Waals surface area contributed by atoms with Gasteiger partial charge in [0.2, 0.25) is 0 Å². The lowest BCUT2D eigenvalue weighted by Crippen LogP contribution is -1.99. The van der Waals surface area contributed by atoms with E-state index in [4.69, 9.17) is 21.7 Å². The van der Waals surface area contributed by atoms with Crippen LogP contribution in [0, 0.1) is 5.41 Å². The Balaban J connectivity index is 2.31. The van der Waals surface area contributed by atoms with E-state index in [1.54, 1.807) is 0 Å². The van der Waals surface area contributed by atoms with Gasteiger partial charge in [0.25, 0.3) is 0 Å². The molecule has 14 heavy (non-hydrogen) atoms. The molecule has 1 aromatic carbocycles. The van der Waals surface area contributed by atoms with Gasteiger partial charge < -0.3 is 4.74 Å². The van der Waals surface area contributed by atoms with E-state index >= 15 is 0 Å². The first kappa shape index (κ1) is 11.1. The predicted octanol–water partition coefficient (Wildman–Crippen LogP) is 3.29. The van der Waals surface area contributed by atoms with E-state index in [-0.39, 0.29) is 0 Å². The van der Waals surface area contributed by atoms with Crippen molar-refractivity contribution in [1.29, 1.82) is 5.41 Å². The maximum atomic E-state index is 7.29. The fraction of sp³-hybridized carbons (Fsp3) is 0.364. The van der Waals surface area contributed by atoms with Crippen LogP contribution in [-0.4, -0.2) is 13.0 Å². The van der Waals surface area contributed by atoms with Crippen LogP contribution in [0.15, 0.2) is 24.3 Å². The van der Waals surface area contributed by atoms with Crippen LogP contribution in [0.3, 0.4) is 0 Å². The number of aryl methyl sites for hydroxylation is 1. The first-order chi connectivity index (χ1) is 6.72. The molecule has 76 valence electrons. The molecule has 0 spiro atoms. The summed E-state index contributed by atoms with van der Waals surface area (Å²) >= 11 is 5.76. The molecule has 0 aliphatic carbocycles. The molecule has 1 N–H and O–H groups in total. The van der Waals surface area contributed by atoms with Gasteiger partial charge in [0.05, 0.1) is 7.11 Å². The van der Waals surface area contributed by atoms with Crippen LogP contribution in [0.1, 0.15) is 18.4 Å². The van der Waals surface area contributed by atoms with E-state index in [0.29, 0.717) is 12.3 Å².